The highest BCUT2D eigenvalue weighted by molar-refractivity contribution is 8.00. The molecule has 118 valence electrons. The molecule has 0 spiro atoms. The van der Waals surface area contributed by atoms with E-state index in [1.165, 1.54) is 18.6 Å². The van der Waals surface area contributed by atoms with Gasteiger partial charge in [0.15, 0.2) is 10.6 Å². The fourth-order valence-electron chi connectivity index (χ4n) is 2.45. The number of amides is 1. The van der Waals surface area contributed by atoms with Crippen LogP contribution in [0, 0.1) is 4.77 Å². The highest BCUT2D eigenvalue weighted by Crippen LogP contribution is 2.25. The molecule has 22 heavy (non-hydrogen) atoms. The quantitative estimate of drug-likeness (QED) is 0.783. The molecule has 0 radical (unpaired) electrons. The van der Waals surface area contributed by atoms with Crippen molar-refractivity contribution in [2.24, 2.45) is 0 Å². The second-order valence-corrected chi connectivity index (χ2v) is 7.91. The van der Waals surface area contributed by atoms with E-state index in [1.807, 2.05) is 33.8 Å². The lowest BCUT2D eigenvalue weighted by Gasteiger charge is -2.10. The van der Waals surface area contributed by atoms with Crippen molar-refractivity contribution in [1.29, 1.82) is 0 Å². The van der Waals surface area contributed by atoms with Gasteiger partial charge in [0.1, 0.15) is 0 Å². The summed E-state index contributed by atoms with van der Waals surface area (Å²) in [5.74, 6) is 2.10. The molecule has 1 saturated heterocycles. The number of hydrogen-bond donors (Lipinski definition) is 2. The van der Waals surface area contributed by atoms with Crippen molar-refractivity contribution in [3.8, 4) is 10.7 Å². The Hall–Kier alpha value is -1.12. The topological polar surface area (TPSA) is 62.7 Å². The summed E-state index contributed by atoms with van der Waals surface area (Å²) in [4.78, 5) is 13.1. The highest BCUT2D eigenvalue weighted by Gasteiger charge is 2.16. The Morgan fingerprint density at radius 2 is 2.50 bits per heavy atom. The first kappa shape index (κ1) is 15.8. The van der Waals surface area contributed by atoms with E-state index in [4.69, 9.17) is 12.2 Å². The van der Waals surface area contributed by atoms with Gasteiger partial charge in [-0.05, 0) is 42.3 Å². The van der Waals surface area contributed by atoms with Gasteiger partial charge in [-0.3, -0.25) is 14.5 Å². The van der Waals surface area contributed by atoms with Gasteiger partial charge in [0.25, 0.3) is 0 Å². The molecule has 1 aliphatic rings. The number of aromatic nitrogens is 3. The van der Waals surface area contributed by atoms with Crippen LogP contribution in [0.5, 0.6) is 0 Å². The summed E-state index contributed by atoms with van der Waals surface area (Å²) in [6.45, 7) is 1.32. The fourth-order valence-corrected chi connectivity index (χ4v) is 4.60. The number of hydrogen-bond acceptors (Lipinski definition) is 5. The molecule has 0 unspecified atom stereocenters. The summed E-state index contributed by atoms with van der Waals surface area (Å²) in [5.41, 5.74) is 0. The summed E-state index contributed by atoms with van der Waals surface area (Å²) in [6.07, 6.45) is 2.89. The van der Waals surface area contributed by atoms with Gasteiger partial charge in [0, 0.05) is 24.8 Å². The first-order chi connectivity index (χ1) is 10.7. The Morgan fingerprint density at radius 1 is 1.59 bits per heavy atom. The standard InChI is InChI=1S/C14H18N4OS3/c19-12(15-9-10-3-1-7-21-10)5-6-18-13(16-17-14(18)20)11-4-2-8-22-11/h2,4,8,10H,1,3,5-7,9H2,(H,15,19)(H,17,20)/t10-/m1/s1. The molecule has 1 amide bonds. The van der Waals surface area contributed by atoms with Crippen molar-refractivity contribution >= 4 is 41.2 Å². The summed E-state index contributed by atoms with van der Waals surface area (Å²) in [6, 6.07) is 3.98. The Balaban J connectivity index is 1.56. The number of H-pyrrole nitrogens is 1. The maximum absolute atomic E-state index is 12.0. The first-order valence-electron chi connectivity index (χ1n) is 7.31. The van der Waals surface area contributed by atoms with E-state index >= 15 is 0 Å². The minimum absolute atomic E-state index is 0.0766. The lowest BCUT2D eigenvalue weighted by atomic mass is 10.2. The van der Waals surface area contributed by atoms with E-state index in [1.54, 1.807) is 11.3 Å². The Bertz CT molecular complexity index is 671. The van der Waals surface area contributed by atoms with E-state index in [9.17, 15) is 4.79 Å². The van der Waals surface area contributed by atoms with Gasteiger partial charge in [-0.2, -0.15) is 16.9 Å². The molecule has 2 aromatic heterocycles. The Morgan fingerprint density at radius 3 is 3.23 bits per heavy atom. The maximum Gasteiger partial charge on any atom is 0.221 e. The van der Waals surface area contributed by atoms with Crippen molar-refractivity contribution < 1.29 is 4.79 Å². The van der Waals surface area contributed by atoms with Gasteiger partial charge in [-0.1, -0.05) is 6.07 Å². The van der Waals surface area contributed by atoms with Crippen molar-refractivity contribution in [2.75, 3.05) is 12.3 Å². The number of carbonyl (C=O) groups excluding carboxylic acids is 1. The minimum atomic E-state index is 0.0766. The van der Waals surface area contributed by atoms with Gasteiger partial charge in [-0.25, -0.2) is 0 Å². The number of thiophene rings is 1. The number of nitrogens with zero attached hydrogens (tertiary/aromatic N) is 2. The molecule has 1 aliphatic heterocycles. The van der Waals surface area contributed by atoms with Crippen molar-refractivity contribution in [1.82, 2.24) is 20.1 Å². The van der Waals surface area contributed by atoms with Crippen LogP contribution in [0.2, 0.25) is 0 Å². The molecule has 0 saturated carbocycles. The van der Waals surface area contributed by atoms with Crippen LogP contribution in [0.4, 0.5) is 0 Å². The number of carbonyl (C=O) groups is 1. The summed E-state index contributed by atoms with van der Waals surface area (Å²) < 4.78 is 2.45. The lowest BCUT2D eigenvalue weighted by molar-refractivity contribution is -0.121. The number of aromatic amines is 1. The summed E-state index contributed by atoms with van der Waals surface area (Å²) in [5, 5.41) is 12.7. The van der Waals surface area contributed by atoms with Gasteiger partial charge in [-0.15, -0.1) is 11.3 Å². The van der Waals surface area contributed by atoms with Gasteiger partial charge in [0.2, 0.25) is 5.91 Å². The number of thioether (sulfide) groups is 1. The van der Waals surface area contributed by atoms with Gasteiger partial charge in [0.05, 0.1) is 4.88 Å². The third-order valence-corrected chi connectivity index (χ3v) is 6.19. The largest absolute Gasteiger partial charge is 0.355 e. The number of nitrogens with one attached hydrogen (secondary N) is 2. The number of rotatable bonds is 6. The average Bonchev–Trinajstić information content (AvgIpc) is 3.25. The molecule has 0 aliphatic carbocycles. The normalized spacial score (nSPS) is 17.7. The third kappa shape index (κ3) is 3.80. The lowest BCUT2D eigenvalue weighted by Crippen LogP contribution is -2.30. The monoisotopic (exact) mass is 354 g/mol. The maximum atomic E-state index is 12.0. The van der Waals surface area contributed by atoms with Crippen molar-refractivity contribution in [2.45, 2.75) is 31.1 Å². The van der Waals surface area contributed by atoms with Crippen molar-refractivity contribution in [3.05, 3.63) is 22.3 Å². The molecule has 2 N–H and O–H groups in total. The van der Waals surface area contributed by atoms with Crippen LogP contribution in [-0.4, -0.2) is 38.2 Å². The Labute approximate surface area is 142 Å². The molecular formula is C14H18N4OS3. The van der Waals surface area contributed by atoms with E-state index in [0.717, 1.165) is 17.2 Å². The predicted octanol–water partition coefficient (Wildman–Crippen LogP) is 3.07. The molecule has 3 rings (SSSR count). The molecule has 1 fully saturated rings. The van der Waals surface area contributed by atoms with E-state index in [2.05, 4.69) is 15.5 Å². The van der Waals surface area contributed by atoms with Crippen molar-refractivity contribution in [3.63, 3.8) is 0 Å². The fraction of sp³-hybridized carbons (Fsp3) is 0.500. The van der Waals surface area contributed by atoms with E-state index in [0.29, 0.717) is 23.0 Å². The Kier molecular flexibility index (Phi) is 5.32. The van der Waals surface area contributed by atoms with Crippen LogP contribution in [0.3, 0.4) is 0 Å². The van der Waals surface area contributed by atoms with Crippen LogP contribution < -0.4 is 5.32 Å². The smallest absolute Gasteiger partial charge is 0.221 e. The third-order valence-electron chi connectivity index (χ3n) is 3.61. The first-order valence-corrected chi connectivity index (χ1v) is 9.65. The summed E-state index contributed by atoms with van der Waals surface area (Å²) in [7, 11) is 0. The molecular weight excluding hydrogens is 336 g/mol. The second-order valence-electron chi connectivity index (χ2n) is 5.17. The molecule has 2 aromatic rings. The molecule has 3 heterocycles. The van der Waals surface area contributed by atoms with Gasteiger partial charge >= 0.3 is 0 Å². The average molecular weight is 355 g/mol. The van der Waals surface area contributed by atoms with E-state index < -0.39 is 0 Å². The minimum Gasteiger partial charge on any atom is -0.355 e. The van der Waals surface area contributed by atoms with Gasteiger partial charge < -0.3 is 5.32 Å². The van der Waals surface area contributed by atoms with E-state index in [-0.39, 0.29) is 5.91 Å². The van der Waals surface area contributed by atoms with Crippen LogP contribution in [0.25, 0.3) is 10.7 Å². The zero-order chi connectivity index (χ0) is 15.4. The van der Waals surface area contributed by atoms with Crippen LogP contribution in [-0.2, 0) is 11.3 Å². The molecule has 5 nitrogen and oxygen atoms in total. The summed E-state index contributed by atoms with van der Waals surface area (Å²) >= 11 is 8.83. The predicted molar refractivity (Wildman–Crippen MR) is 93.8 cm³/mol. The van der Waals surface area contributed by atoms with Crippen LogP contribution >= 0.6 is 35.3 Å². The molecule has 0 bridgehead atoms. The molecule has 1 atom stereocenters. The highest BCUT2D eigenvalue weighted by atomic mass is 32.2. The van der Waals surface area contributed by atoms with Crippen LogP contribution in [0.15, 0.2) is 17.5 Å². The SMILES string of the molecule is O=C(CCn1c(-c2cccs2)n[nH]c1=S)NC[C@H]1CCCS1. The second kappa shape index (κ2) is 7.43. The molecule has 0 aromatic carbocycles. The molecule has 8 heteroatoms. The zero-order valence-corrected chi connectivity index (χ0v) is 14.5. The van der Waals surface area contributed by atoms with Crippen LogP contribution in [0.1, 0.15) is 19.3 Å². The zero-order valence-electron chi connectivity index (χ0n) is 12.1.